The van der Waals surface area contributed by atoms with Crippen LogP contribution in [0.1, 0.15) is 21.5 Å². The fraction of sp³-hybridized carbons (Fsp3) is 0.0714. The molecule has 2 aromatic rings. The molecule has 104 valence electrons. The molecule has 0 atom stereocenters. The van der Waals surface area contributed by atoms with Crippen molar-refractivity contribution in [3.8, 4) is 0 Å². The number of carbonyl (C=O) groups is 1. The molecule has 0 aromatic heterocycles. The molecule has 0 aliphatic rings. The Morgan fingerprint density at radius 2 is 1.55 bits per heavy atom. The molecule has 0 fully saturated rings. The molecule has 0 heterocycles. The zero-order chi connectivity index (χ0) is 14.9. The monoisotopic (exact) mass is 286 g/mol. The van der Waals surface area contributed by atoms with E-state index in [0.717, 1.165) is 12.1 Å². The molecule has 1 nitrogen and oxygen atoms in total. The van der Waals surface area contributed by atoms with E-state index in [4.69, 9.17) is 0 Å². The van der Waals surface area contributed by atoms with Crippen LogP contribution in [0.25, 0.3) is 0 Å². The SMILES string of the molecule is O=C(c1ccc(C(F)(F)F)c(F)c1)c1ccccc1F. The zero-order valence-electron chi connectivity index (χ0n) is 9.84. The van der Waals surface area contributed by atoms with Crippen LogP contribution < -0.4 is 0 Å². The van der Waals surface area contributed by atoms with Gasteiger partial charge in [-0.3, -0.25) is 4.79 Å². The summed E-state index contributed by atoms with van der Waals surface area (Å²) in [5.41, 5.74) is -2.14. The lowest BCUT2D eigenvalue weighted by Gasteiger charge is -2.09. The van der Waals surface area contributed by atoms with Crippen LogP contribution in [0.15, 0.2) is 42.5 Å². The largest absolute Gasteiger partial charge is 0.419 e. The van der Waals surface area contributed by atoms with Crippen LogP contribution in [0.4, 0.5) is 22.0 Å². The van der Waals surface area contributed by atoms with Gasteiger partial charge < -0.3 is 0 Å². The van der Waals surface area contributed by atoms with Crippen molar-refractivity contribution in [2.45, 2.75) is 6.18 Å². The third-order valence-electron chi connectivity index (χ3n) is 2.66. The highest BCUT2D eigenvalue weighted by Crippen LogP contribution is 2.31. The number of ketones is 1. The van der Waals surface area contributed by atoms with Crippen molar-refractivity contribution in [2.24, 2.45) is 0 Å². The summed E-state index contributed by atoms with van der Waals surface area (Å²) in [5.74, 6) is -3.27. The van der Waals surface area contributed by atoms with Gasteiger partial charge in [-0.05, 0) is 24.3 Å². The molecule has 2 aromatic carbocycles. The lowest BCUT2D eigenvalue weighted by atomic mass is 10.0. The molecule has 0 spiro atoms. The molecule has 0 N–H and O–H groups in total. The number of halogens is 5. The van der Waals surface area contributed by atoms with E-state index in [1.54, 1.807) is 0 Å². The maximum Gasteiger partial charge on any atom is 0.419 e. The topological polar surface area (TPSA) is 17.1 Å². The summed E-state index contributed by atoms with van der Waals surface area (Å²) in [4.78, 5) is 11.9. The van der Waals surface area contributed by atoms with Gasteiger partial charge in [-0.1, -0.05) is 18.2 Å². The number of alkyl halides is 3. The van der Waals surface area contributed by atoms with Gasteiger partial charge in [0.25, 0.3) is 0 Å². The molecule has 20 heavy (non-hydrogen) atoms. The molecule has 0 amide bonds. The van der Waals surface area contributed by atoms with E-state index in [1.165, 1.54) is 18.2 Å². The van der Waals surface area contributed by atoms with Crippen molar-refractivity contribution in [1.29, 1.82) is 0 Å². The minimum absolute atomic E-state index is 0.327. The summed E-state index contributed by atoms with van der Waals surface area (Å²) in [6.07, 6.45) is -4.84. The van der Waals surface area contributed by atoms with Gasteiger partial charge in [0.15, 0.2) is 5.78 Å². The van der Waals surface area contributed by atoms with Gasteiger partial charge in [0.1, 0.15) is 11.6 Å². The summed E-state index contributed by atoms with van der Waals surface area (Å²) in [6, 6.07) is 6.71. The summed E-state index contributed by atoms with van der Waals surface area (Å²) in [5, 5.41) is 0. The second-order valence-electron chi connectivity index (χ2n) is 4.00. The average molecular weight is 286 g/mol. The van der Waals surface area contributed by atoms with Gasteiger partial charge in [-0.25, -0.2) is 8.78 Å². The smallest absolute Gasteiger partial charge is 0.288 e. The lowest BCUT2D eigenvalue weighted by molar-refractivity contribution is -0.140. The van der Waals surface area contributed by atoms with Crippen molar-refractivity contribution < 1.29 is 26.7 Å². The molecule has 0 aliphatic carbocycles. The highest BCUT2D eigenvalue weighted by molar-refractivity contribution is 6.09. The second kappa shape index (κ2) is 5.03. The molecule has 0 aliphatic heterocycles. The number of rotatable bonds is 2. The first-order chi connectivity index (χ1) is 9.30. The van der Waals surface area contributed by atoms with Crippen LogP contribution in [0.2, 0.25) is 0 Å². The minimum Gasteiger partial charge on any atom is -0.288 e. The van der Waals surface area contributed by atoms with E-state index in [2.05, 4.69) is 0 Å². The fourth-order valence-corrected chi connectivity index (χ4v) is 1.69. The van der Waals surface area contributed by atoms with Crippen molar-refractivity contribution in [3.05, 3.63) is 70.8 Å². The molecule has 0 saturated heterocycles. The normalized spacial score (nSPS) is 11.4. The van der Waals surface area contributed by atoms with Crippen molar-refractivity contribution >= 4 is 5.78 Å². The standard InChI is InChI=1S/C14H7F5O/c15-11-4-2-1-3-9(11)13(20)8-5-6-10(12(16)7-8)14(17,18)19/h1-7H. The van der Waals surface area contributed by atoms with Gasteiger partial charge >= 0.3 is 6.18 Å². The summed E-state index contributed by atoms with van der Waals surface area (Å²) >= 11 is 0. The maximum absolute atomic E-state index is 13.4. The van der Waals surface area contributed by atoms with Crippen molar-refractivity contribution in [3.63, 3.8) is 0 Å². The second-order valence-corrected chi connectivity index (χ2v) is 4.00. The Bertz CT molecular complexity index is 661. The Balaban J connectivity index is 2.43. The number of hydrogen-bond acceptors (Lipinski definition) is 1. The van der Waals surface area contributed by atoms with E-state index in [1.807, 2.05) is 0 Å². The average Bonchev–Trinajstić information content (AvgIpc) is 2.37. The molecule has 0 unspecified atom stereocenters. The predicted octanol–water partition coefficient (Wildman–Crippen LogP) is 4.21. The molecular formula is C14H7F5O. The molecule has 6 heteroatoms. The number of benzene rings is 2. The van der Waals surface area contributed by atoms with Gasteiger partial charge in [-0.15, -0.1) is 0 Å². The number of carbonyl (C=O) groups excluding carboxylic acids is 1. The van der Waals surface area contributed by atoms with E-state index in [9.17, 15) is 26.7 Å². The van der Waals surface area contributed by atoms with Crippen molar-refractivity contribution in [2.75, 3.05) is 0 Å². The van der Waals surface area contributed by atoms with Crippen molar-refractivity contribution in [1.82, 2.24) is 0 Å². The summed E-state index contributed by atoms with van der Waals surface area (Å²) in [7, 11) is 0. The molecule has 0 bridgehead atoms. The highest BCUT2D eigenvalue weighted by Gasteiger charge is 2.34. The third kappa shape index (κ3) is 2.68. The van der Waals surface area contributed by atoms with Crippen LogP contribution in [-0.4, -0.2) is 5.78 Å². The van der Waals surface area contributed by atoms with Crippen LogP contribution >= 0.6 is 0 Å². The molecule has 0 radical (unpaired) electrons. The van der Waals surface area contributed by atoms with Gasteiger partial charge in [-0.2, -0.15) is 13.2 Å². The van der Waals surface area contributed by atoms with E-state index >= 15 is 0 Å². The fourth-order valence-electron chi connectivity index (χ4n) is 1.69. The zero-order valence-corrected chi connectivity index (χ0v) is 9.84. The Kier molecular flexibility index (Phi) is 3.57. The summed E-state index contributed by atoms with van der Waals surface area (Å²) in [6.45, 7) is 0. The van der Waals surface area contributed by atoms with E-state index < -0.39 is 29.2 Å². The van der Waals surface area contributed by atoms with E-state index in [-0.39, 0.29) is 11.1 Å². The Morgan fingerprint density at radius 3 is 2.10 bits per heavy atom. The first-order valence-electron chi connectivity index (χ1n) is 5.46. The first kappa shape index (κ1) is 14.2. The Hall–Kier alpha value is -2.24. The Morgan fingerprint density at radius 1 is 0.900 bits per heavy atom. The maximum atomic E-state index is 13.4. The predicted molar refractivity (Wildman–Crippen MR) is 61.2 cm³/mol. The summed E-state index contributed by atoms with van der Waals surface area (Å²) < 4.78 is 63.9. The first-order valence-corrected chi connectivity index (χ1v) is 5.46. The Labute approximate surface area is 110 Å². The molecule has 0 saturated carbocycles. The van der Waals surface area contributed by atoms with Crippen LogP contribution in [0.5, 0.6) is 0 Å². The van der Waals surface area contributed by atoms with Gasteiger partial charge in [0, 0.05) is 5.56 Å². The van der Waals surface area contributed by atoms with Crippen LogP contribution in [0.3, 0.4) is 0 Å². The van der Waals surface area contributed by atoms with E-state index in [0.29, 0.717) is 12.1 Å². The van der Waals surface area contributed by atoms with Gasteiger partial charge in [0.2, 0.25) is 0 Å². The quantitative estimate of drug-likeness (QED) is 0.597. The highest BCUT2D eigenvalue weighted by atomic mass is 19.4. The van der Waals surface area contributed by atoms with Crippen LogP contribution in [0, 0.1) is 11.6 Å². The van der Waals surface area contributed by atoms with Gasteiger partial charge in [0.05, 0.1) is 11.1 Å². The number of hydrogen-bond donors (Lipinski definition) is 0. The lowest BCUT2D eigenvalue weighted by Crippen LogP contribution is -2.10. The molecule has 2 rings (SSSR count). The molecular weight excluding hydrogens is 279 g/mol. The third-order valence-corrected chi connectivity index (χ3v) is 2.66. The minimum atomic E-state index is -4.84. The van der Waals surface area contributed by atoms with Crippen LogP contribution in [-0.2, 0) is 6.18 Å².